The van der Waals surface area contributed by atoms with Crippen molar-refractivity contribution >= 4 is 23.3 Å². The lowest BCUT2D eigenvalue weighted by atomic mass is 10.0. The van der Waals surface area contributed by atoms with Crippen molar-refractivity contribution in [3.63, 3.8) is 0 Å². The normalized spacial score (nSPS) is 20.6. The summed E-state index contributed by atoms with van der Waals surface area (Å²) in [5.41, 5.74) is 3.40. The Kier molecular flexibility index (Phi) is 7.08. The van der Waals surface area contributed by atoms with Crippen LogP contribution in [0, 0.1) is 0 Å². The molecule has 2 aliphatic rings. The molecule has 2 aromatic heterocycles. The number of morpholine rings is 1. The number of nitrogens with one attached hydrogen (secondary N) is 1. The number of benzene rings is 1. The monoisotopic (exact) mass is 491 g/mol. The quantitative estimate of drug-likeness (QED) is 0.400. The first-order chi connectivity index (χ1) is 17.2. The summed E-state index contributed by atoms with van der Waals surface area (Å²) in [6, 6.07) is 17.4. The first-order valence-corrected chi connectivity index (χ1v) is 12.2. The third kappa shape index (κ3) is 4.93. The molecule has 0 saturated carbocycles. The third-order valence-electron chi connectivity index (χ3n) is 6.59. The van der Waals surface area contributed by atoms with Crippen molar-refractivity contribution in [2.75, 3.05) is 46.5 Å². The van der Waals surface area contributed by atoms with Gasteiger partial charge in [-0.05, 0) is 54.7 Å². The van der Waals surface area contributed by atoms with Crippen LogP contribution < -0.4 is 5.32 Å². The zero-order chi connectivity index (χ0) is 24.2. The molecule has 2 saturated heterocycles. The first kappa shape index (κ1) is 23.5. The SMILES string of the molecule is COC(=O)c1cccc(-n2cccc2[C@@H]2[C@H](c3ccccn3)NC(=S)N2CCN2CCOCC2)c1. The van der Waals surface area contributed by atoms with Crippen molar-refractivity contribution in [2.24, 2.45) is 0 Å². The molecule has 35 heavy (non-hydrogen) atoms. The molecule has 1 N–H and O–H groups in total. The molecule has 0 radical (unpaired) electrons. The lowest BCUT2D eigenvalue weighted by molar-refractivity contribution is 0.0349. The molecule has 0 spiro atoms. The van der Waals surface area contributed by atoms with Crippen LogP contribution in [0.25, 0.3) is 5.69 Å². The Morgan fingerprint density at radius 2 is 2.00 bits per heavy atom. The van der Waals surface area contributed by atoms with Gasteiger partial charge in [0.05, 0.1) is 43.7 Å². The standard InChI is InChI=1S/C26H29N5O3S/c1-33-25(32)19-6-4-7-20(18-19)30-11-5-9-22(30)24-23(21-8-2-3-10-27-21)28-26(35)31(24)13-12-29-14-16-34-17-15-29/h2-11,18,23-24H,12-17H2,1H3,(H,28,35)/t23-,24+/m0/s1. The van der Waals surface area contributed by atoms with Crippen LogP contribution in [0.5, 0.6) is 0 Å². The van der Waals surface area contributed by atoms with Gasteiger partial charge < -0.3 is 24.3 Å². The molecule has 1 aromatic carbocycles. The minimum atomic E-state index is -0.359. The molecule has 0 bridgehead atoms. The number of carbonyl (C=O) groups is 1. The van der Waals surface area contributed by atoms with Gasteiger partial charge in [-0.15, -0.1) is 0 Å². The Balaban J connectivity index is 1.50. The van der Waals surface area contributed by atoms with Gasteiger partial charge >= 0.3 is 5.97 Å². The van der Waals surface area contributed by atoms with E-state index in [4.69, 9.17) is 21.7 Å². The summed E-state index contributed by atoms with van der Waals surface area (Å²) >= 11 is 5.84. The Labute approximate surface area is 210 Å². The molecule has 2 aliphatic heterocycles. The van der Waals surface area contributed by atoms with E-state index in [2.05, 4.69) is 30.7 Å². The summed E-state index contributed by atoms with van der Waals surface area (Å²) in [4.78, 5) is 21.5. The van der Waals surface area contributed by atoms with Gasteiger partial charge in [0.1, 0.15) is 0 Å². The molecule has 5 rings (SSSR count). The predicted molar refractivity (Wildman–Crippen MR) is 137 cm³/mol. The maximum absolute atomic E-state index is 12.2. The fraction of sp³-hybridized carbons (Fsp3) is 0.346. The molecule has 2 fully saturated rings. The highest BCUT2D eigenvalue weighted by atomic mass is 32.1. The second kappa shape index (κ2) is 10.6. The van der Waals surface area contributed by atoms with Crippen molar-refractivity contribution in [3.05, 3.63) is 83.9 Å². The molecule has 4 heterocycles. The number of methoxy groups -OCH3 is 1. The summed E-state index contributed by atoms with van der Waals surface area (Å²) in [6.07, 6.45) is 3.83. The molecule has 182 valence electrons. The number of hydrogen-bond acceptors (Lipinski definition) is 6. The maximum Gasteiger partial charge on any atom is 0.337 e. The minimum Gasteiger partial charge on any atom is -0.465 e. The second-order valence-corrected chi connectivity index (χ2v) is 9.01. The Morgan fingerprint density at radius 1 is 1.14 bits per heavy atom. The zero-order valence-corrected chi connectivity index (χ0v) is 20.5. The van der Waals surface area contributed by atoms with Gasteiger partial charge in [0.2, 0.25) is 0 Å². The summed E-state index contributed by atoms with van der Waals surface area (Å²) in [7, 11) is 1.39. The van der Waals surface area contributed by atoms with Crippen molar-refractivity contribution in [3.8, 4) is 5.69 Å². The fourth-order valence-electron chi connectivity index (χ4n) is 4.81. The van der Waals surface area contributed by atoms with Crippen LogP contribution in [0.3, 0.4) is 0 Å². The van der Waals surface area contributed by atoms with Gasteiger partial charge in [0.15, 0.2) is 5.11 Å². The molecule has 3 aromatic rings. The number of rotatable bonds is 7. The lowest BCUT2D eigenvalue weighted by Crippen LogP contribution is -2.42. The van der Waals surface area contributed by atoms with E-state index in [-0.39, 0.29) is 18.1 Å². The van der Waals surface area contributed by atoms with Gasteiger partial charge in [-0.2, -0.15) is 0 Å². The minimum absolute atomic E-state index is 0.0739. The lowest BCUT2D eigenvalue weighted by Gasteiger charge is -2.32. The molecular formula is C26H29N5O3S. The highest BCUT2D eigenvalue weighted by molar-refractivity contribution is 7.80. The van der Waals surface area contributed by atoms with Crippen LogP contribution in [0.4, 0.5) is 0 Å². The van der Waals surface area contributed by atoms with Crippen molar-refractivity contribution in [1.82, 2.24) is 24.7 Å². The Morgan fingerprint density at radius 3 is 2.77 bits per heavy atom. The molecule has 8 nitrogen and oxygen atoms in total. The molecule has 0 unspecified atom stereocenters. The molecule has 0 aliphatic carbocycles. The molecule has 9 heteroatoms. The third-order valence-corrected chi connectivity index (χ3v) is 6.94. The summed E-state index contributed by atoms with van der Waals surface area (Å²) in [5.74, 6) is -0.359. The van der Waals surface area contributed by atoms with Gasteiger partial charge in [-0.25, -0.2) is 4.79 Å². The van der Waals surface area contributed by atoms with Crippen molar-refractivity contribution in [1.29, 1.82) is 0 Å². The largest absolute Gasteiger partial charge is 0.465 e. The number of nitrogens with zero attached hydrogens (tertiary/aromatic N) is 4. The average molecular weight is 492 g/mol. The topological polar surface area (TPSA) is 71.9 Å². The summed E-state index contributed by atoms with van der Waals surface area (Å²) < 4.78 is 12.6. The van der Waals surface area contributed by atoms with E-state index in [9.17, 15) is 4.79 Å². The molecule has 0 amide bonds. The van der Waals surface area contributed by atoms with Crippen LogP contribution in [0.2, 0.25) is 0 Å². The van der Waals surface area contributed by atoms with Crippen LogP contribution >= 0.6 is 12.2 Å². The zero-order valence-electron chi connectivity index (χ0n) is 19.7. The van der Waals surface area contributed by atoms with E-state index in [0.29, 0.717) is 5.56 Å². The number of pyridine rings is 1. The number of carbonyl (C=O) groups excluding carboxylic acids is 1. The maximum atomic E-state index is 12.2. The van der Waals surface area contributed by atoms with Crippen molar-refractivity contribution < 1.29 is 14.3 Å². The average Bonchev–Trinajstić information content (AvgIpc) is 3.52. The second-order valence-electron chi connectivity index (χ2n) is 8.62. The number of thiocarbonyl (C=S) groups is 1. The smallest absolute Gasteiger partial charge is 0.337 e. The van der Waals surface area contributed by atoms with Crippen LogP contribution in [-0.4, -0.2) is 76.9 Å². The van der Waals surface area contributed by atoms with E-state index in [0.717, 1.165) is 61.6 Å². The van der Waals surface area contributed by atoms with E-state index in [1.165, 1.54) is 7.11 Å². The number of ether oxygens (including phenoxy) is 2. The van der Waals surface area contributed by atoms with Crippen LogP contribution in [0.1, 0.15) is 33.8 Å². The van der Waals surface area contributed by atoms with E-state index >= 15 is 0 Å². The summed E-state index contributed by atoms with van der Waals surface area (Å²) in [6.45, 7) is 5.07. The fourth-order valence-corrected chi connectivity index (χ4v) is 5.14. The number of hydrogen-bond donors (Lipinski definition) is 1. The number of aromatic nitrogens is 2. The van der Waals surface area contributed by atoms with Gasteiger partial charge in [0.25, 0.3) is 0 Å². The van der Waals surface area contributed by atoms with Crippen LogP contribution in [0.15, 0.2) is 67.0 Å². The van der Waals surface area contributed by atoms with Crippen molar-refractivity contribution in [2.45, 2.75) is 12.1 Å². The Hall–Kier alpha value is -3.27. The summed E-state index contributed by atoms with van der Waals surface area (Å²) in [5, 5.41) is 4.25. The highest BCUT2D eigenvalue weighted by Crippen LogP contribution is 2.39. The molecule has 2 atom stereocenters. The molecular weight excluding hydrogens is 462 g/mol. The van der Waals surface area contributed by atoms with Gasteiger partial charge in [-0.1, -0.05) is 12.1 Å². The highest BCUT2D eigenvalue weighted by Gasteiger charge is 2.41. The van der Waals surface area contributed by atoms with E-state index in [1.807, 2.05) is 54.9 Å². The van der Waals surface area contributed by atoms with E-state index < -0.39 is 0 Å². The van der Waals surface area contributed by atoms with Gasteiger partial charge in [-0.3, -0.25) is 9.88 Å². The predicted octanol–water partition coefficient (Wildman–Crippen LogP) is 2.96. The van der Waals surface area contributed by atoms with Crippen LogP contribution in [-0.2, 0) is 9.47 Å². The van der Waals surface area contributed by atoms with E-state index in [1.54, 1.807) is 6.07 Å². The Bertz CT molecular complexity index is 1180. The van der Waals surface area contributed by atoms with Gasteiger partial charge in [0, 0.05) is 50.0 Å². The first-order valence-electron chi connectivity index (χ1n) is 11.8. The number of esters is 1.